The van der Waals surface area contributed by atoms with E-state index in [1.54, 1.807) is 0 Å². The molecular formula is C11H23NOS. The molecule has 1 aliphatic carbocycles. The van der Waals surface area contributed by atoms with E-state index in [9.17, 15) is 0 Å². The van der Waals surface area contributed by atoms with Crippen LogP contribution in [0.5, 0.6) is 0 Å². The van der Waals surface area contributed by atoms with Gasteiger partial charge < -0.3 is 10.4 Å². The highest BCUT2D eigenvalue weighted by Gasteiger charge is 2.42. The summed E-state index contributed by atoms with van der Waals surface area (Å²) in [5.41, 5.74) is 0.0812. The number of hydrogen-bond donors (Lipinski definition) is 2. The van der Waals surface area contributed by atoms with E-state index in [1.807, 2.05) is 11.8 Å². The van der Waals surface area contributed by atoms with Gasteiger partial charge in [0.2, 0.25) is 0 Å². The van der Waals surface area contributed by atoms with Crippen LogP contribution in [0.1, 0.15) is 40.5 Å². The number of rotatable bonds is 5. The topological polar surface area (TPSA) is 32.3 Å². The SMILES string of the molecule is CC(CSC(C)(C)C)NC1(CO)CC1. The third-order valence-corrected chi connectivity index (χ3v) is 4.01. The number of aliphatic hydroxyl groups excluding tert-OH is 1. The molecule has 0 radical (unpaired) electrons. The van der Waals surface area contributed by atoms with E-state index in [4.69, 9.17) is 5.11 Å². The number of aliphatic hydroxyl groups is 1. The van der Waals surface area contributed by atoms with Crippen LogP contribution in [-0.4, -0.2) is 33.8 Å². The minimum absolute atomic E-state index is 0.0812. The van der Waals surface area contributed by atoms with Crippen LogP contribution in [0.3, 0.4) is 0 Å². The van der Waals surface area contributed by atoms with Gasteiger partial charge in [0, 0.05) is 22.1 Å². The van der Waals surface area contributed by atoms with Crippen molar-refractivity contribution < 1.29 is 5.11 Å². The lowest BCUT2D eigenvalue weighted by atomic mass is 10.2. The van der Waals surface area contributed by atoms with E-state index in [-0.39, 0.29) is 12.1 Å². The maximum atomic E-state index is 9.16. The molecule has 0 amide bonds. The first kappa shape index (κ1) is 12.3. The molecule has 1 saturated carbocycles. The van der Waals surface area contributed by atoms with Crippen molar-refractivity contribution in [3.63, 3.8) is 0 Å². The molecule has 0 spiro atoms. The van der Waals surface area contributed by atoms with Crippen LogP contribution in [0.2, 0.25) is 0 Å². The molecule has 0 aromatic heterocycles. The first-order chi connectivity index (χ1) is 6.37. The predicted molar refractivity (Wildman–Crippen MR) is 63.9 cm³/mol. The van der Waals surface area contributed by atoms with E-state index >= 15 is 0 Å². The number of thioether (sulfide) groups is 1. The van der Waals surface area contributed by atoms with Gasteiger partial charge in [0.1, 0.15) is 0 Å². The molecule has 0 heterocycles. The summed E-state index contributed by atoms with van der Waals surface area (Å²) in [6.45, 7) is 9.21. The Morgan fingerprint density at radius 2 is 2.00 bits per heavy atom. The first-order valence-electron chi connectivity index (χ1n) is 5.39. The summed E-state index contributed by atoms with van der Waals surface area (Å²) in [6.07, 6.45) is 2.27. The summed E-state index contributed by atoms with van der Waals surface area (Å²) >= 11 is 1.98. The van der Waals surface area contributed by atoms with Crippen molar-refractivity contribution >= 4 is 11.8 Å². The molecule has 84 valence electrons. The lowest BCUT2D eigenvalue weighted by Crippen LogP contribution is -2.42. The Kier molecular flexibility index (Phi) is 3.89. The highest BCUT2D eigenvalue weighted by Crippen LogP contribution is 2.35. The molecule has 0 bridgehead atoms. The average Bonchev–Trinajstić information content (AvgIpc) is 2.81. The molecule has 0 aromatic rings. The second-order valence-corrected chi connectivity index (χ2v) is 7.25. The number of nitrogens with one attached hydrogen (secondary N) is 1. The zero-order valence-corrected chi connectivity index (χ0v) is 10.6. The molecule has 2 N–H and O–H groups in total. The van der Waals surface area contributed by atoms with E-state index in [0.29, 0.717) is 10.8 Å². The average molecular weight is 217 g/mol. The maximum Gasteiger partial charge on any atom is 0.0613 e. The summed E-state index contributed by atoms with van der Waals surface area (Å²) in [5.74, 6) is 1.12. The van der Waals surface area contributed by atoms with Crippen LogP contribution in [-0.2, 0) is 0 Å². The van der Waals surface area contributed by atoms with E-state index < -0.39 is 0 Å². The minimum atomic E-state index is 0.0812. The monoisotopic (exact) mass is 217 g/mol. The quantitative estimate of drug-likeness (QED) is 0.739. The summed E-state index contributed by atoms with van der Waals surface area (Å²) in [7, 11) is 0. The van der Waals surface area contributed by atoms with Gasteiger partial charge in [0.05, 0.1) is 6.61 Å². The van der Waals surface area contributed by atoms with E-state index in [1.165, 1.54) is 0 Å². The lowest BCUT2D eigenvalue weighted by molar-refractivity contribution is 0.223. The first-order valence-corrected chi connectivity index (χ1v) is 6.38. The van der Waals surface area contributed by atoms with Gasteiger partial charge in [-0.1, -0.05) is 20.8 Å². The Morgan fingerprint density at radius 3 is 2.36 bits per heavy atom. The van der Waals surface area contributed by atoms with E-state index in [2.05, 4.69) is 33.0 Å². The smallest absolute Gasteiger partial charge is 0.0613 e. The van der Waals surface area contributed by atoms with Gasteiger partial charge in [-0.2, -0.15) is 11.8 Å². The van der Waals surface area contributed by atoms with Gasteiger partial charge >= 0.3 is 0 Å². The van der Waals surface area contributed by atoms with Gasteiger partial charge in [-0.25, -0.2) is 0 Å². The normalized spacial score (nSPS) is 22.1. The standard InChI is InChI=1S/C11H23NOS/c1-9(7-14-10(2,3)4)12-11(8-13)5-6-11/h9,12-13H,5-8H2,1-4H3. The lowest BCUT2D eigenvalue weighted by Gasteiger charge is -2.24. The second-order valence-electron chi connectivity index (χ2n) is 5.41. The highest BCUT2D eigenvalue weighted by atomic mass is 32.2. The fourth-order valence-electron chi connectivity index (χ4n) is 1.44. The molecule has 14 heavy (non-hydrogen) atoms. The minimum Gasteiger partial charge on any atom is -0.394 e. The van der Waals surface area contributed by atoms with Gasteiger partial charge in [0.25, 0.3) is 0 Å². The van der Waals surface area contributed by atoms with E-state index in [0.717, 1.165) is 18.6 Å². The summed E-state index contributed by atoms with van der Waals surface area (Å²) in [4.78, 5) is 0. The van der Waals surface area contributed by atoms with Gasteiger partial charge in [-0.3, -0.25) is 0 Å². The fraction of sp³-hybridized carbons (Fsp3) is 1.00. The van der Waals surface area contributed by atoms with Crippen molar-refractivity contribution in [3.05, 3.63) is 0 Å². The van der Waals surface area contributed by atoms with Crippen molar-refractivity contribution in [3.8, 4) is 0 Å². The zero-order valence-electron chi connectivity index (χ0n) is 9.76. The summed E-state index contributed by atoms with van der Waals surface area (Å²) in [6, 6.07) is 0.494. The molecule has 2 nitrogen and oxygen atoms in total. The third kappa shape index (κ3) is 4.20. The predicted octanol–water partition coefficient (Wildman–Crippen LogP) is 2.02. The molecule has 1 aliphatic rings. The van der Waals surface area contributed by atoms with Crippen LogP contribution in [0.4, 0.5) is 0 Å². The molecule has 3 heteroatoms. The third-order valence-electron chi connectivity index (χ3n) is 2.48. The molecule has 1 fully saturated rings. The highest BCUT2D eigenvalue weighted by molar-refractivity contribution is 8.00. The van der Waals surface area contributed by atoms with Crippen molar-refractivity contribution in [2.75, 3.05) is 12.4 Å². The van der Waals surface area contributed by atoms with Crippen molar-refractivity contribution in [1.29, 1.82) is 0 Å². The Morgan fingerprint density at radius 1 is 1.43 bits per heavy atom. The Bertz CT molecular complexity index is 184. The number of hydrogen-bond acceptors (Lipinski definition) is 3. The zero-order chi connectivity index (χ0) is 10.8. The fourth-order valence-corrected chi connectivity index (χ4v) is 2.27. The summed E-state index contributed by atoms with van der Waals surface area (Å²) < 4.78 is 0.339. The molecule has 1 atom stereocenters. The summed E-state index contributed by atoms with van der Waals surface area (Å²) in [5, 5.41) is 12.7. The van der Waals surface area contributed by atoms with Crippen LogP contribution in [0, 0.1) is 0 Å². The Hall–Kier alpha value is 0.270. The van der Waals surface area contributed by atoms with Gasteiger partial charge in [-0.05, 0) is 19.8 Å². The van der Waals surface area contributed by atoms with Crippen LogP contribution in [0.25, 0.3) is 0 Å². The van der Waals surface area contributed by atoms with Crippen LogP contribution >= 0.6 is 11.8 Å². The van der Waals surface area contributed by atoms with Crippen molar-refractivity contribution in [2.45, 2.75) is 56.9 Å². The van der Waals surface area contributed by atoms with Gasteiger partial charge in [-0.15, -0.1) is 0 Å². The van der Waals surface area contributed by atoms with Crippen LogP contribution < -0.4 is 5.32 Å². The Balaban J connectivity index is 2.19. The van der Waals surface area contributed by atoms with Gasteiger partial charge in [0.15, 0.2) is 0 Å². The second kappa shape index (κ2) is 4.42. The molecule has 0 saturated heterocycles. The van der Waals surface area contributed by atoms with Crippen molar-refractivity contribution in [2.24, 2.45) is 0 Å². The largest absolute Gasteiger partial charge is 0.394 e. The molecule has 0 aromatic carbocycles. The maximum absolute atomic E-state index is 9.16. The van der Waals surface area contributed by atoms with Crippen LogP contribution in [0.15, 0.2) is 0 Å². The molecule has 1 unspecified atom stereocenters. The van der Waals surface area contributed by atoms with Crippen molar-refractivity contribution in [1.82, 2.24) is 5.32 Å². The Labute approximate surface area is 91.9 Å². The molecule has 0 aliphatic heterocycles. The molecular weight excluding hydrogens is 194 g/mol. The molecule has 1 rings (SSSR count).